The summed E-state index contributed by atoms with van der Waals surface area (Å²) in [6.45, 7) is 8.33. The number of phenols is 1. The minimum atomic E-state index is -0.393. The normalized spacial score (nSPS) is 35.3. The molecule has 2 fully saturated rings. The average molecular weight is 370 g/mol. The molecule has 1 aliphatic heterocycles. The van der Waals surface area contributed by atoms with Gasteiger partial charge in [0.1, 0.15) is 11.5 Å². The summed E-state index contributed by atoms with van der Waals surface area (Å²) in [5.74, 6) is 0.755. The van der Waals surface area contributed by atoms with E-state index in [0.717, 1.165) is 31.5 Å². The summed E-state index contributed by atoms with van der Waals surface area (Å²) < 4.78 is 6.44. The van der Waals surface area contributed by atoms with E-state index >= 15 is 0 Å². The number of ether oxygens (including phenoxy) is 1. The number of phenolic OH excluding ortho intramolecular Hbond substituents is 1. The molecule has 0 amide bonds. The third kappa shape index (κ3) is 2.53. The lowest BCUT2D eigenvalue weighted by atomic mass is 9.46. The summed E-state index contributed by atoms with van der Waals surface area (Å²) in [7, 11) is 1.83. The number of carbonyl (C=O) groups is 1. The van der Waals surface area contributed by atoms with Gasteiger partial charge in [-0.05, 0) is 62.4 Å². The molecule has 0 aromatic heterocycles. The molecule has 4 rings (SSSR count). The third-order valence-corrected chi connectivity index (χ3v) is 7.37. The van der Waals surface area contributed by atoms with Gasteiger partial charge in [-0.15, -0.1) is 0 Å². The van der Waals surface area contributed by atoms with Crippen LogP contribution in [0, 0.1) is 5.92 Å². The number of ketones is 1. The molecule has 4 nitrogen and oxygen atoms in total. The van der Waals surface area contributed by atoms with Crippen molar-refractivity contribution in [2.24, 2.45) is 5.92 Å². The second kappa shape index (κ2) is 6.46. The van der Waals surface area contributed by atoms with E-state index in [1.807, 2.05) is 19.2 Å². The molecule has 0 spiro atoms. The second-order valence-electron chi connectivity index (χ2n) is 8.99. The highest BCUT2D eigenvalue weighted by atomic mass is 16.5. The number of aromatic hydroxyl groups is 1. The summed E-state index contributed by atoms with van der Waals surface area (Å²) in [5.41, 5.74) is 2.99. The van der Waals surface area contributed by atoms with Crippen molar-refractivity contribution in [1.29, 1.82) is 0 Å². The van der Waals surface area contributed by atoms with Gasteiger partial charge < -0.3 is 9.84 Å². The Labute approximate surface area is 162 Å². The van der Waals surface area contributed by atoms with Crippen molar-refractivity contribution >= 4 is 5.78 Å². The Bertz CT molecular complexity index is 797. The van der Waals surface area contributed by atoms with Crippen LogP contribution in [0.2, 0.25) is 0 Å². The quantitative estimate of drug-likeness (QED) is 0.827. The number of rotatable bonds is 3. The highest BCUT2D eigenvalue weighted by Gasteiger charge is 2.68. The Morgan fingerprint density at radius 1 is 1.37 bits per heavy atom. The zero-order chi connectivity index (χ0) is 19.4. The lowest BCUT2D eigenvalue weighted by Crippen LogP contribution is -2.76. The predicted octanol–water partition coefficient (Wildman–Crippen LogP) is 3.61. The van der Waals surface area contributed by atoms with Crippen LogP contribution in [-0.4, -0.2) is 47.6 Å². The Morgan fingerprint density at radius 3 is 2.85 bits per heavy atom. The number of piperidine rings is 1. The van der Waals surface area contributed by atoms with Crippen molar-refractivity contribution in [3.8, 4) is 5.75 Å². The first kappa shape index (κ1) is 18.7. The van der Waals surface area contributed by atoms with Crippen LogP contribution in [0.4, 0.5) is 0 Å². The highest BCUT2D eigenvalue weighted by Crippen LogP contribution is 2.61. The molecule has 0 unspecified atom stereocenters. The van der Waals surface area contributed by atoms with Gasteiger partial charge in [0, 0.05) is 38.0 Å². The van der Waals surface area contributed by atoms with E-state index in [2.05, 4.69) is 31.7 Å². The van der Waals surface area contributed by atoms with Crippen LogP contribution in [0.25, 0.3) is 0 Å². The molecule has 1 N–H and O–H groups in total. The van der Waals surface area contributed by atoms with Crippen molar-refractivity contribution in [2.75, 3.05) is 20.2 Å². The van der Waals surface area contributed by atoms with E-state index in [1.54, 1.807) is 6.07 Å². The van der Waals surface area contributed by atoms with E-state index in [1.165, 1.54) is 11.1 Å². The molecule has 1 aromatic rings. The minimum Gasteiger partial charge on any atom is -0.508 e. The van der Waals surface area contributed by atoms with Crippen LogP contribution < -0.4 is 0 Å². The number of Topliss-reactive ketones (excluding diaryl/α,β-unsaturated/α-hetero) is 1. The Kier molecular flexibility index (Phi) is 4.47. The molecule has 2 aliphatic carbocycles. The smallest absolute Gasteiger partial charge is 0.134 e. The van der Waals surface area contributed by atoms with Gasteiger partial charge >= 0.3 is 0 Å². The van der Waals surface area contributed by atoms with Crippen LogP contribution in [0.15, 0.2) is 29.8 Å². The molecule has 1 saturated heterocycles. The highest BCUT2D eigenvalue weighted by molar-refractivity contribution is 5.83. The molecule has 1 saturated carbocycles. The Hall–Kier alpha value is -1.65. The van der Waals surface area contributed by atoms with E-state index in [4.69, 9.17) is 4.74 Å². The zero-order valence-corrected chi connectivity index (χ0v) is 16.9. The van der Waals surface area contributed by atoms with E-state index < -0.39 is 5.60 Å². The molecular weight excluding hydrogens is 338 g/mol. The molecule has 4 heteroatoms. The monoisotopic (exact) mass is 369 g/mol. The summed E-state index contributed by atoms with van der Waals surface area (Å²) >= 11 is 0. The maximum atomic E-state index is 12.7. The fraction of sp³-hybridized carbons (Fsp3) is 0.609. The first-order chi connectivity index (χ1) is 12.8. The predicted molar refractivity (Wildman–Crippen MR) is 106 cm³/mol. The average Bonchev–Trinajstić information content (AvgIpc) is 2.61. The molecule has 2 bridgehead atoms. The van der Waals surface area contributed by atoms with Gasteiger partial charge in [0.05, 0.1) is 5.60 Å². The van der Waals surface area contributed by atoms with Crippen molar-refractivity contribution in [3.05, 3.63) is 41.0 Å². The van der Waals surface area contributed by atoms with E-state index in [-0.39, 0.29) is 23.1 Å². The van der Waals surface area contributed by atoms with E-state index in [0.29, 0.717) is 18.6 Å². The van der Waals surface area contributed by atoms with Crippen LogP contribution in [0.5, 0.6) is 5.75 Å². The lowest BCUT2D eigenvalue weighted by molar-refractivity contribution is -0.208. The Morgan fingerprint density at radius 2 is 2.15 bits per heavy atom. The number of fused-ring (bicyclic) bond motifs is 1. The molecule has 1 aromatic carbocycles. The van der Waals surface area contributed by atoms with Gasteiger partial charge in [-0.1, -0.05) is 24.6 Å². The molecule has 3 aliphatic rings. The van der Waals surface area contributed by atoms with Gasteiger partial charge in [0.2, 0.25) is 0 Å². The summed E-state index contributed by atoms with van der Waals surface area (Å²) in [6.07, 6.45) is 5.19. The number of carbonyl (C=O) groups excluding carboxylic acids is 1. The van der Waals surface area contributed by atoms with Crippen molar-refractivity contribution in [3.63, 3.8) is 0 Å². The van der Waals surface area contributed by atoms with Crippen LogP contribution in [-0.2, 0) is 21.4 Å². The number of benzene rings is 1. The maximum absolute atomic E-state index is 12.7. The molecule has 0 radical (unpaired) electrons. The van der Waals surface area contributed by atoms with Crippen molar-refractivity contribution in [2.45, 2.75) is 63.5 Å². The van der Waals surface area contributed by atoms with Crippen molar-refractivity contribution < 1.29 is 14.6 Å². The molecule has 1 heterocycles. The number of hydrogen-bond donors (Lipinski definition) is 1. The number of likely N-dealkylation sites (tertiary alicyclic amines) is 1. The summed E-state index contributed by atoms with van der Waals surface area (Å²) in [5, 5.41) is 10.2. The van der Waals surface area contributed by atoms with Crippen LogP contribution >= 0.6 is 0 Å². The maximum Gasteiger partial charge on any atom is 0.134 e. The largest absolute Gasteiger partial charge is 0.508 e. The minimum absolute atomic E-state index is 0.152. The Balaban J connectivity index is 1.91. The number of allylic oxidation sites excluding steroid dienone is 1. The van der Waals surface area contributed by atoms with Crippen molar-refractivity contribution in [1.82, 2.24) is 4.90 Å². The molecular formula is C23H31NO3. The topological polar surface area (TPSA) is 49.8 Å². The van der Waals surface area contributed by atoms with Gasteiger partial charge in [-0.2, -0.15) is 0 Å². The second-order valence-corrected chi connectivity index (χ2v) is 8.99. The first-order valence-corrected chi connectivity index (χ1v) is 10.1. The molecule has 27 heavy (non-hydrogen) atoms. The van der Waals surface area contributed by atoms with E-state index in [9.17, 15) is 9.90 Å². The summed E-state index contributed by atoms with van der Waals surface area (Å²) in [6, 6.07) is 5.97. The van der Waals surface area contributed by atoms with Gasteiger partial charge in [0.25, 0.3) is 0 Å². The third-order valence-electron chi connectivity index (χ3n) is 7.37. The van der Waals surface area contributed by atoms with Crippen LogP contribution in [0.3, 0.4) is 0 Å². The lowest BCUT2D eigenvalue weighted by Gasteiger charge is -2.67. The van der Waals surface area contributed by atoms with Gasteiger partial charge in [0.15, 0.2) is 0 Å². The summed E-state index contributed by atoms with van der Waals surface area (Å²) in [4.78, 5) is 15.3. The zero-order valence-electron chi connectivity index (χ0n) is 16.9. The number of nitrogens with zero attached hydrogens (tertiary/aromatic N) is 1. The van der Waals surface area contributed by atoms with Crippen LogP contribution in [0.1, 0.15) is 51.2 Å². The number of hydrogen-bond acceptors (Lipinski definition) is 4. The fourth-order valence-electron chi connectivity index (χ4n) is 6.37. The molecule has 146 valence electrons. The SMILES string of the molecule is CO[C@@]12[C@@H](C)CC(=O)C[C@@]13CCN(CC=C(C)C)[C@@H]2Cc1ccc(O)cc13. The first-order valence-electron chi connectivity index (χ1n) is 10.1. The van der Waals surface area contributed by atoms with Gasteiger partial charge in [-0.3, -0.25) is 9.69 Å². The van der Waals surface area contributed by atoms with Gasteiger partial charge in [-0.25, -0.2) is 0 Å². The standard InChI is InChI=1S/C23H31NO3/c1-15(2)7-9-24-10-8-22-14-19(26)11-16(3)23(22,27-4)21(24)12-17-5-6-18(25)13-20(17)22/h5-7,13,16,21,25H,8-12,14H2,1-4H3/t16-,21+,22+,23+/m0/s1. The molecule has 4 atom stereocenters. The number of methoxy groups -OCH3 is 1. The fourth-order valence-corrected chi connectivity index (χ4v) is 6.37.